The summed E-state index contributed by atoms with van der Waals surface area (Å²) in [4.78, 5) is 33.3. The maximum Gasteiger partial charge on any atom is 0.328 e. The lowest BCUT2D eigenvalue weighted by atomic mass is 10.1. The van der Waals surface area contributed by atoms with Crippen LogP contribution >= 0.6 is 11.8 Å². The Hall–Kier alpha value is -2.16. The number of nitro benzene ring substituents is 1. The summed E-state index contributed by atoms with van der Waals surface area (Å²) in [5.41, 5.74) is -0.344. The Labute approximate surface area is 123 Å². The van der Waals surface area contributed by atoms with Gasteiger partial charge in [-0.05, 0) is 11.8 Å². The van der Waals surface area contributed by atoms with Crippen LogP contribution in [0.5, 0.6) is 0 Å². The summed E-state index contributed by atoms with van der Waals surface area (Å²) in [5, 5.41) is 21.5. The summed E-state index contributed by atoms with van der Waals surface area (Å²) in [5.74, 6) is -1.76. The lowest BCUT2D eigenvalue weighted by molar-refractivity contribution is -0.384. The average molecular weight is 316 g/mol. The van der Waals surface area contributed by atoms with Crippen LogP contribution in [0, 0.1) is 10.1 Å². The first-order valence-electron chi connectivity index (χ1n) is 5.91. The molecular weight excluding hydrogens is 303 g/mol. The van der Waals surface area contributed by atoms with Gasteiger partial charge >= 0.3 is 5.97 Å². The van der Waals surface area contributed by atoms with Crippen molar-refractivity contribution in [2.24, 2.45) is 0 Å². The number of nitrogens with zero attached hydrogens (tertiary/aromatic N) is 1. The highest BCUT2D eigenvalue weighted by molar-refractivity contribution is 7.99. The van der Waals surface area contributed by atoms with Crippen molar-refractivity contribution in [3.8, 4) is 0 Å². The molecule has 0 heterocycles. The van der Waals surface area contributed by atoms with Crippen molar-refractivity contribution < 1.29 is 24.0 Å². The van der Waals surface area contributed by atoms with Gasteiger partial charge in [0.1, 0.15) is 6.67 Å². The van der Waals surface area contributed by atoms with Crippen molar-refractivity contribution >= 4 is 29.3 Å². The van der Waals surface area contributed by atoms with Crippen molar-refractivity contribution in [2.45, 2.75) is 17.9 Å². The molecule has 1 atom stereocenters. The van der Waals surface area contributed by atoms with Crippen molar-refractivity contribution in [2.75, 3.05) is 12.4 Å². The molecule has 0 saturated carbocycles. The van der Waals surface area contributed by atoms with Crippen molar-refractivity contribution in [3.05, 3.63) is 33.9 Å². The summed E-state index contributed by atoms with van der Waals surface area (Å²) in [6, 6.07) is 2.02. The highest BCUT2D eigenvalue weighted by Crippen LogP contribution is 2.26. The van der Waals surface area contributed by atoms with Crippen molar-refractivity contribution in [3.63, 3.8) is 0 Å². The quantitative estimate of drug-likeness (QED) is 0.451. The van der Waals surface area contributed by atoms with E-state index < -0.39 is 29.5 Å². The number of hydrogen-bond acceptors (Lipinski definition) is 5. The topological polar surface area (TPSA) is 110 Å². The van der Waals surface area contributed by atoms with E-state index in [0.717, 1.165) is 6.07 Å². The molecule has 9 heteroatoms. The van der Waals surface area contributed by atoms with Crippen LogP contribution in [0.3, 0.4) is 0 Å². The third-order valence-electron chi connectivity index (χ3n) is 2.48. The van der Waals surface area contributed by atoms with Gasteiger partial charge in [0.05, 0.1) is 10.5 Å². The molecule has 2 N–H and O–H groups in total. The van der Waals surface area contributed by atoms with Gasteiger partial charge in [-0.2, -0.15) is 0 Å². The lowest BCUT2D eigenvalue weighted by Gasteiger charge is -2.13. The Kier molecular flexibility index (Phi) is 6.10. The maximum atomic E-state index is 12.5. The second kappa shape index (κ2) is 7.58. The van der Waals surface area contributed by atoms with Crippen LogP contribution in [0.15, 0.2) is 23.1 Å². The first-order valence-corrected chi connectivity index (χ1v) is 6.90. The van der Waals surface area contributed by atoms with Crippen LogP contribution in [0.1, 0.15) is 17.3 Å². The molecule has 0 aromatic heterocycles. The number of carbonyl (C=O) groups excluding carboxylic acids is 1. The lowest BCUT2D eigenvalue weighted by Crippen LogP contribution is -2.42. The maximum absolute atomic E-state index is 12.5. The van der Waals surface area contributed by atoms with Gasteiger partial charge in [-0.25, -0.2) is 9.18 Å². The Balaban J connectivity index is 3.12. The molecule has 1 amide bonds. The number of amides is 1. The van der Waals surface area contributed by atoms with Crippen molar-refractivity contribution in [1.29, 1.82) is 0 Å². The molecular formula is C12H13FN2O5S. The molecule has 7 nitrogen and oxygen atoms in total. The molecule has 1 aromatic rings. The molecule has 1 rings (SSSR count). The fourth-order valence-electron chi connectivity index (χ4n) is 1.49. The number of thioether (sulfide) groups is 1. The molecule has 114 valence electrons. The van der Waals surface area contributed by atoms with Gasteiger partial charge < -0.3 is 10.4 Å². The van der Waals surface area contributed by atoms with Gasteiger partial charge in [-0.3, -0.25) is 14.9 Å². The Morgan fingerprint density at radius 2 is 2.19 bits per heavy atom. The van der Waals surface area contributed by atoms with Crippen LogP contribution in [-0.2, 0) is 4.79 Å². The van der Waals surface area contributed by atoms with E-state index in [1.54, 1.807) is 0 Å². The molecule has 0 fully saturated rings. The number of aliphatic carboxylic acids is 1. The van der Waals surface area contributed by atoms with E-state index in [2.05, 4.69) is 0 Å². The smallest absolute Gasteiger partial charge is 0.328 e. The second-order valence-electron chi connectivity index (χ2n) is 3.89. The van der Waals surface area contributed by atoms with Gasteiger partial charge in [-0.15, -0.1) is 11.8 Å². The molecule has 0 aliphatic heterocycles. The molecule has 0 aliphatic carbocycles. The van der Waals surface area contributed by atoms with Crippen LogP contribution in [0.2, 0.25) is 0 Å². The number of carboxylic acid groups (broad SMARTS) is 1. The predicted octanol–water partition coefficient (Wildman–Crippen LogP) is 1.86. The zero-order valence-electron chi connectivity index (χ0n) is 11.0. The van der Waals surface area contributed by atoms with Crippen LogP contribution < -0.4 is 5.32 Å². The molecule has 1 aromatic carbocycles. The summed E-state index contributed by atoms with van der Waals surface area (Å²) in [7, 11) is 0. The fraction of sp³-hybridized carbons (Fsp3) is 0.333. The number of benzene rings is 1. The van der Waals surface area contributed by atoms with Gasteiger partial charge in [0.15, 0.2) is 6.04 Å². The number of nitrogens with one attached hydrogen (secondary N) is 1. The normalized spacial score (nSPS) is 11.7. The molecule has 0 spiro atoms. The second-order valence-corrected chi connectivity index (χ2v) is 5.20. The monoisotopic (exact) mass is 316 g/mol. The molecule has 0 bridgehead atoms. The Morgan fingerprint density at radius 3 is 2.67 bits per heavy atom. The van der Waals surface area contributed by atoms with E-state index in [4.69, 9.17) is 5.11 Å². The minimum absolute atomic E-state index is 0.0456. The average Bonchev–Trinajstić information content (AvgIpc) is 2.44. The van der Waals surface area contributed by atoms with Crippen LogP contribution in [0.4, 0.5) is 10.1 Å². The highest BCUT2D eigenvalue weighted by Gasteiger charge is 2.23. The number of carbonyl (C=O) groups is 2. The number of carboxylic acids is 1. The fourth-order valence-corrected chi connectivity index (χ4v) is 2.28. The summed E-state index contributed by atoms with van der Waals surface area (Å²) >= 11 is 1.27. The molecule has 1 unspecified atom stereocenters. The highest BCUT2D eigenvalue weighted by atomic mass is 32.2. The van der Waals surface area contributed by atoms with E-state index in [9.17, 15) is 24.1 Å². The zero-order valence-corrected chi connectivity index (χ0v) is 11.9. The first-order chi connectivity index (χ1) is 9.90. The summed E-state index contributed by atoms with van der Waals surface area (Å²) in [6.45, 7) is 0.557. The summed E-state index contributed by atoms with van der Waals surface area (Å²) in [6.07, 6.45) is 0. The largest absolute Gasteiger partial charge is 0.480 e. The summed E-state index contributed by atoms with van der Waals surface area (Å²) < 4.78 is 12.5. The van der Waals surface area contributed by atoms with Gasteiger partial charge in [0.25, 0.3) is 11.6 Å². The predicted molar refractivity (Wildman–Crippen MR) is 74.4 cm³/mol. The number of nitro groups is 1. The Morgan fingerprint density at radius 1 is 1.52 bits per heavy atom. The number of alkyl halides is 1. The third-order valence-corrected chi connectivity index (χ3v) is 3.43. The number of non-ortho nitro benzene ring substituents is 1. The molecule has 0 aliphatic rings. The standard InChI is InChI=1S/C12H13FN2O5S/c1-2-21-10-4-3-7(15(19)20)5-8(10)11(16)14-9(6-13)12(17)18/h3-5,9H,2,6H2,1H3,(H,14,16)(H,17,18). The number of rotatable bonds is 7. The van der Waals surface area contributed by atoms with Gasteiger partial charge in [0.2, 0.25) is 0 Å². The van der Waals surface area contributed by atoms with Crippen LogP contribution in [-0.4, -0.2) is 40.4 Å². The third kappa shape index (κ3) is 4.42. The minimum Gasteiger partial charge on any atom is -0.480 e. The number of halogens is 1. The minimum atomic E-state index is -1.68. The van der Waals surface area contributed by atoms with Crippen LogP contribution in [0.25, 0.3) is 0 Å². The zero-order chi connectivity index (χ0) is 16.0. The Bertz CT molecular complexity index is 567. The van der Waals surface area contributed by atoms with Gasteiger partial charge in [0, 0.05) is 17.0 Å². The van der Waals surface area contributed by atoms with E-state index in [0.29, 0.717) is 10.6 Å². The van der Waals surface area contributed by atoms with E-state index in [1.807, 2.05) is 12.2 Å². The molecule has 0 radical (unpaired) electrons. The van der Waals surface area contributed by atoms with E-state index in [-0.39, 0.29) is 11.3 Å². The first kappa shape index (κ1) is 16.9. The molecule has 21 heavy (non-hydrogen) atoms. The SMILES string of the molecule is CCSc1ccc([N+](=O)[O-])cc1C(=O)NC(CF)C(=O)O. The van der Waals surface area contributed by atoms with E-state index >= 15 is 0 Å². The number of hydrogen-bond donors (Lipinski definition) is 2. The molecule has 0 saturated heterocycles. The van der Waals surface area contributed by atoms with Gasteiger partial charge in [-0.1, -0.05) is 6.92 Å². The van der Waals surface area contributed by atoms with E-state index in [1.165, 1.54) is 23.9 Å². The van der Waals surface area contributed by atoms with Crippen molar-refractivity contribution in [1.82, 2.24) is 5.32 Å².